The van der Waals surface area contributed by atoms with Gasteiger partial charge in [-0.2, -0.15) is 23.5 Å². The third kappa shape index (κ3) is 4.05. The van der Waals surface area contributed by atoms with Gasteiger partial charge in [0.1, 0.15) is 18.1 Å². The summed E-state index contributed by atoms with van der Waals surface area (Å²) in [6.07, 6.45) is -4.89. The highest BCUT2D eigenvalue weighted by Crippen LogP contribution is 2.43. The van der Waals surface area contributed by atoms with Crippen molar-refractivity contribution in [3.8, 4) is 28.5 Å². The van der Waals surface area contributed by atoms with E-state index in [9.17, 15) is 26.0 Å². The van der Waals surface area contributed by atoms with Crippen LogP contribution in [0.3, 0.4) is 0 Å². The van der Waals surface area contributed by atoms with E-state index >= 15 is 0 Å². The van der Waals surface area contributed by atoms with Crippen LogP contribution in [0.5, 0.6) is 0 Å². The van der Waals surface area contributed by atoms with E-state index in [2.05, 4.69) is 5.10 Å². The fourth-order valence-corrected chi connectivity index (χ4v) is 3.47. The first kappa shape index (κ1) is 21.5. The first-order valence-corrected chi connectivity index (χ1v) is 9.93. The highest BCUT2D eigenvalue weighted by Gasteiger charge is 2.40. The van der Waals surface area contributed by atoms with Gasteiger partial charge in [0, 0.05) is 11.1 Å². The van der Waals surface area contributed by atoms with Gasteiger partial charge in [-0.3, -0.25) is 0 Å². The van der Waals surface area contributed by atoms with E-state index in [0.29, 0.717) is 4.68 Å². The Hall–Kier alpha value is -3.23. The van der Waals surface area contributed by atoms with E-state index in [1.54, 1.807) is 6.07 Å². The van der Waals surface area contributed by atoms with E-state index in [4.69, 9.17) is 10.4 Å². The lowest BCUT2D eigenvalue weighted by Crippen LogP contribution is -2.15. The zero-order valence-corrected chi connectivity index (χ0v) is 16.2. The van der Waals surface area contributed by atoms with Gasteiger partial charge in [0.25, 0.3) is 0 Å². The van der Waals surface area contributed by atoms with Gasteiger partial charge in [-0.25, -0.2) is 22.6 Å². The Morgan fingerprint density at radius 1 is 1.13 bits per heavy atom. The summed E-state index contributed by atoms with van der Waals surface area (Å²) in [5, 5.41) is 17.9. The maximum absolute atomic E-state index is 14.1. The Labute approximate surface area is 169 Å². The molecule has 3 rings (SSSR count). The number of nitrogens with zero attached hydrogens (tertiary/aromatic N) is 3. The number of halogens is 4. The van der Waals surface area contributed by atoms with E-state index < -0.39 is 39.8 Å². The van der Waals surface area contributed by atoms with Crippen molar-refractivity contribution in [2.75, 3.05) is 0 Å². The Balaban J connectivity index is 2.34. The van der Waals surface area contributed by atoms with Gasteiger partial charge in [0.15, 0.2) is 5.69 Å². The van der Waals surface area contributed by atoms with Gasteiger partial charge < -0.3 is 0 Å². The van der Waals surface area contributed by atoms with Crippen LogP contribution in [0.25, 0.3) is 22.4 Å². The van der Waals surface area contributed by atoms with Gasteiger partial charge in [0.2, 0.25) is 10.0 Å². The second kappa shape index (κ2) is 7.55. The molecule has 0 amide bonds. The number of sulfonamides is 1. The summed E-state index contributed by atoms with van der Waals surface area (Å²) in [7, 11) is -4.01. The van der Waals surface area contributed by atoms with Crippen molar-refractivity contribution in [1.29, 1.82) is 5.26 Å². The third-order valence-electron chi connectivity index (χ3n) is 4.36. The minimum atomic E-state index is -4.89. The summed E-state index contributed by atoms with van der Waals surface area (Å²) in [5.74, 6) is -0.704. The van der Waals surface area contributed by atoms with Crippen molar-refractivity contribution in [3.05, 3.63) is 59.5 Å². The topological polar surface area (TPSA) is 102 Å². The molecule has 0 atom stereocenters. The molecule has 0 aliphatic rings. The van der Waals surface area contributed by atoms with E-state index in [1.807, 2.05) is 0 Å². The molecule has 6 nitrogen and oxygen atoms in total. The van der Waals surface area contributed by atoms with Gasteiger partial charge >= 0.3 is 6.18 Å². The predicted molar refractivity (Wildman–Crippen MR) is 99.8 cm³/mol. The van der Waals surface area contributed by atoms with Crippen molar-refractivity contribution in [1.82, 2.24) is 9.78 Å². The molecule has 3 aromatic rings. The lowest BCUT2D eigenvalue weighted by molar-refractivity contribution is -0.143. The first-order valence-electron chi connectivity index (χ1n) is 8.38. The smallest absolute Gasteiger partial charge is 0.245 e. The molecule has 2 N–H and O–H groups in total. The van der Waals surface area contributed by atoms with Crippen LogP contribution in [0, 0.1) is 24.1 Å². The zero-order chi connectivity index (χ0) is 22.3. The molecule has 0 saturated carbocycles. The second-order valence-electron chi connectivity index (χ2n) is 6.42. The van der Waals surface area contributed by atoms with Crippen LogP contribution in [0.1, 0.15) is 11.3 Å². The highest BCUT2D eigenvalue weighted by molar-refractivity contribution is 7.89. The molecule has 0 spiro atoms. The maximum Gasteiger partial charge on any atom is 0.433 e. The van der Waals surface area contributed by atoms with Crippen LogP contribution in [0.4, 0.5) is 17.6 Å². The number of nitriles is 1. The number of nitrogens with two attached hydrogens (primary N) is 1. The Morgan fingerprint density at radius 2 is 1.73 bits per heavy atom. The monoisotopic (exact) mass is 438 g/mol. The largest absolute Gasteiger partial charge is 0.433 e. The number of primary sulfonamides is 1. The van der Waals surface area contributed by atoms with Gasteiger partial charge in [-0.15, -0.1) is 0 Å². The molecule has 0 unspecified atom stereocenters. The average molecular weight is 438 g/mol. The van der Waals surface area contributed by atoms with E-state index in [0.717, 1.165) is 18.2 Å². The van der Waals surface area contributed by atoms with E-state index in [1.165, 1.54) is 31.2 Å². The van der Waals surface area contributed by atoms with Crippen LogP contribution in [0.2, 0.25) is 0 Å². The molecule has 0 bridgehead atoms. The Morgan fingerprint density at radius 3 is 2.23 bits per heavy atom. The summed E-state index contributed by atoms with van der Waals surface area (Å²) in [4.78, 5) is -0.235. The maximum atomic E-state index is 14.1. The molecule has 156 valence electrons. The summed E-state index contributed by atoms with van der Waals surface area (Å²) in [5.41, 5.74) is -1.50. The molecule has 0 saturated heterocycles. The van der Waals surface area contributed by atoms with Crippen LogP contribution >= 0.6 is 0 Å². The molecule has 1 heterocycles. The lowest BCUT2D eigenvalue weighted by Gasteiger charge is -2.12. The SMILES string of the molecule is Cc1ccc(-c2c(-c3ccc(S(N)(=O)=O)cc3)nn(CC#N)c2C(F)(F)F)cc1F. The number of hydrogen-bond donors (Lipinski definition) is 1. The molecule has 11 heteroatoms. The third-order valence-corrected chi connectivity index (χ3v) is 5.29. The standard InChI is InChI=1S/C19H14F4N4O2S/c1-11-2-3-13(10-15(11)20)16-17(12-4-6-14(7-5-12)30(25,28)29)26-27(9-8-24)18(16)19(21,22)23/h2-7,10H,9H2,1H3,(H2,25,28,29). The minimum absolute atomic E-state index is 0.0832. The van der Waals surface area contributed by atoms with Crippen LogP contribution < -0.4 is 5.14 Å². The number of hydrogen-bond acceptors (Lipinski definition) is 4. The van der Waals surface area contributed by atoms with Crippen molar-refractivity contribution in [2.45, 2.75) is 24.5 Å². The fraction of sp³-hybridized carbons (Fsp3) is 0.158. The number of rotatable bonds is 4. The summed E-state index contributed by atoms with van der Waals surface area (Å²) >= 11 is 0. The number of aromatic nitrogens is 2. The Bertz CT molecular complexity index is 1260. The summed E-state index contributed by atoms with van der Waals surface area (Å²) < 4.78 is 79.2. The molecule has 0 aliphatic carbocycles. The van der Waals surface area contributed by atoms with Crippen LogP contribution in [-0.4, -0.2) is 18.2 Å². The Kier molecular flexibility index (Phi) is 5.40. The van der Waals surface area contributed by atoms with Crippen LogP contribution in [-0.2, 0) is 22.7 Å². The van der Waals surface area contributed by atoms with Crippen molar-refractivity contribution >= 4 is 10.0 Å². The van der Waals surface area contributed by atoms with Gasteiger partial charge in [-0.05, 0) is 36.2 Å². The number of alkyl halides is 3. The molecule has 1 aromatic heterocycles. The molecule has 0 fully saturated rings. The molecular formula is C19H14F4N4O2S. The molecular weight excluding hydrogens is 424 g/mol. The molecule has 0 aliphatic heterocycles. The predicted octanol–water partition coefficient (Wildman–Crippen LogP) is 3.85. The first-order chi connectivity index (χ1) is 13.9. The molecule has 0 radical (unpaired) electrons. The van der Waals surface area contributed by atoms with Gasteiger partial charge in [-0.1, -0.05) is 24.3 Å². The van der Waals surface area contributed by atoms with Crippen molar-refractivity contribution < 1.29 is 26.0 Å². The van der Waals surface area contributed by atoms with Crippen molar-refractivity contribution in [2.24, 2.45) is 5.14 Å². The lowest BCUT2D eigenvalue weighted by atomic mass is 9.97. The number of aryl methyl sites for hydroxylation is 1. The minimum Gasteiger partial charge on any atom is -0.245 e. The van der Waals surface area contributed by atoms with Gasteiger partial charge in [0.05, 0.1) is 11.0 Å². The zero-order valence-electron chi connectivity index (χ0n) is 15.4. The quantitative estimate of drug-likeness (QED) is 0.625. The normalized spacial score (nSPS) is 12.0. The van der Waals surface area contributed by atoms with E-state index in [-0.39, 0.29) is 27.3 Å². The van der Waals surface area contributed by atoms with Crippen molar-refractivity contribution in [3.63, 3.8) is 0 Å². The van der Waals surface area contributed by atoms with Crippen LogP contribution in [0.15, 0.2) is 47.4 Å². The fourth-order valence-electron chi connectivity index (χ4n) is 2.96. The summed E-state index contributed by atoms with van der Waals surface area (Å²) in [6, 6.07) is 9.97. The second-order valence-corrected chi connectivity index (χ2v) is 7.98. The molecule has 30 heavy (non-hydrogen) atoms. The summed E-state index contributed by atoms with van der Waals surface area (Å²) in [6.45, 7) is 0.779. The highest BCUT2D eigenvalue weighted by atomic mass is 32.2. The molecule has 2 aromatic carbocycles. The number of benzene rings is 2. The average Bonchev–Trinajstić information content (AvgIpc) is 3.03.